The maximum absolute atomic E-state index is 13.4. The number of aromatic nitrogens is 2. The van der Waals surface area contributed by atoms with Crippen molar-refractivity contribution in [2.75, 3.05) is 25.0 Å². The third-order valence-corrected chi connectivity index (χ3v) is 5.81. The quantitative estimate of drug-likeness (QED) is 0.831. The first-order valence-corrected chi connectivity index (χ1v) is 10.0. The summed E-state index contributed by atoms with van der Waals surface area (Å²) in [6.45, 7) is 9.31. The Kier molecular flexibility index (Phi) is 4.87. The highest BCUT2D eigenvalue weighted by atomic mass is 19.1. The van der Waals surface area contributed by atoms with Gasteiger partial charge in [-0.2, -0.15) is 0 Å². The molecule has 7 heteroatoms. The summed E-state index contributed by atoms with van der Waals surface area (Å²) in [7, 11) is 0. The molecule has 0 aliphatic carbocycles. The van der Waals surface area contributed by atoms with E-state index in [2.05, 4.69) is 22.5 Å². The van der Waals surface area contributed by atoms with Crippen molar-refractivity contribution in [1.29, 1.82) is 0 Å². The first-order chi connectivity index (χ1) is 13.4. The van der Waals surface area contributed by atoms with Gasteiger partial charge in [0.15, 0.2) is 0 Å². The van der Waals surface area contributed by atoms with E-state index >= 15 is 0 Å². The summed E-state index contributed by atoms with van der Waals surface area (Å²) in [5.41, 5.74) is 1.04. The maximum atomic E-state index is 13.4. The number of rotatable bonds is 5. The van der Waals surface area contributed by atoms with Crippen LogP contribution in [0.2, 0.25) is 0 Å². The molecule has 2 aromatic rings. The summed E-state index contributed by atoms with van der Waals surface area (Å²) < 4.78 is 15.4. The number of nitrogens with zero attached hydrogens (tertiary/aromatic N) is 3. The summed E-state index contributed by atoms with van der Waals surface area (Å²) in [4.78, 5) is 19.7. The summed E-state index contributed by atoms with van der Waals surface area (Å²) in [5, 5.41) is 6.59. The molecule has 28 heavy (non-hydrogen) atoms. The van der Waals surface area contributed by atoms with Crippen LogP contribution in [-0.2, 0) is 16.9 Å². The number of fused-ring (bicyclic) bond motifs is 1. The van der Waals surface area contributed by atoms with E-state index in [0.717, 1.165) is 42.5 Å². The van der Waals surface area contributed by atoms with Gasteiger partial charge in [-0.25, -0.2) is 9.37 Å². The number of carbonyl (C=O) groups is 1. The monoisotopic (exact) mass is 385 g/mol. The Balaban J connectivity index is 1.73. The van der Waals surface area contributed by atoms with Gasteiger partial charge >= 0.3 is 0 Å². The highest BCUT2D eigenvalue weighted by molar-refractivity contribution is 5.81. The predicted molar refractivity (Wildman–Crippen MR) is 108 cm³/mol. The number of anilines is 1. The Labute approximate surface area is 165 Å². The molecule has 0 bridgehead atoms. The fraction of sp³-hybridized carbons (Fsp3) is 0.524. The van der Waals surface area contributed by atoms with E-state index in [4.69, 9.17) is 4.98 Å². The first kappa shape index (κ1) is 18.9. The zero-order valence-electron chi connectivity index (χ0n) is 16.8. The molecule has 1 saturated heterocycles. The fourth-order valence-electron chi connectivity index (χ4n) is 4.42. The van der Waals surface area contributed by atoms with Crippen molar-refractivity contribution in [3.05, 3.63) is 35.9 Å². The van der Waals surface area contributed by atoms with Crippen molar-refractivity contribution >= 4 is 11.7 Å². The second-order valence-electron chi connectivity index (χ2n) is 8.20. The molecule has 1 amide bonds. The van der Waals surface area contributed by atoms with Gasteiger partial charge in [-0.15, -0.1) is 0 Å². The molecule has 0 saturated carbocycles. The van der Waals surface area contributed by atoms with E-state index < -0.39 is 5.54 Å². The fourth-order valence-corrected chi connectivity index (χ4v) is 4.42. The number of imidazole rings is 1. The topological polar surface area (TPSA) is 62.2 Å². The number of hydrogen-bond acceptors (Lipinski definition) is 4. The highest BCUT2D eigenvalue weighted by Crippen LogP contribution is 2.35. The van der Waals surface area contributed by atoms with Gasteiger partial charge in [-0.05, 0) is 64.0 Å². The molecule has 1 aromatic heterocycles. The average molecular weight is 385 g/mol. The van der Waals surface area contributed by atoms with E-state index in [-0.39, 0.29) is 18.3 Å². The van der Waals surface area contributed by atoms with Gasteiger partial charge in [-0.1, -0.05) is 6.92 Å². The summed E-state index contributed by atoms with van der Waals surface area (Å²) >= 11 is 0. The molecule has 2 N–H and O–H groups in total. The molecule has 1 fully saturated rings. The summed E-state index contributed by atoms with van der Waals surface area (Å²) in [5.74, 6) is 1.35. The third kappa shape index (κ3) is 3.39. The molecule has 6 nitrogen and oxygen atoms in total. The zero-order valence-corrected chi connectivity index (χ0v) is 16.8. The van der Waals surface area contributed by atoms with Gasteiger partial charge in [0.1, 0.15) is 29.7 Å². The molecule has 2 aliphatic rings. The normalized spacial score (nSPS) is 21.4. The van der Waals surface area contributed by atoms with Crippen LogP contribution in [0.5, 0.6) is 0 Å². The average Bonchev–Trinajstić information content (AvgIpc) is 3.24. The molecular weight excluding hydrogens is 357 g/mol. The Morgan fingerprint density at radius 2 is 2.07 bits per heavy atom. The molecule has 1 atom stereocenters. The minimum Gasteiger partial charge on any atom is -0.368 e. The second kappa shape index (κ2) is 7.20. The number of amides is 1. The van der Waals surface area contributed by atoms with Crippen molar-refractivity contribution in [3.63, 3.8) is 0 Å². The zero-order chi connectivity index (χ0) is 19.9. The summed E-state index contributed by atoms with van der Waals surface area (Å²) in [6.07, 6.45) is 2.38. The Hall–Kier alpha value is -2.41. The number of likely N-dealkylation sites (tertiary alicyclic amines) is 1. The molecular formula is C21H28FN5O. The number of nitrogens with one attached hydrogen (secondary N) is 2. The van der Waals surface area contributed by atoms with Crippen LogP contribution in [0.15, 0.2) is 24.3 Å². The van der Waals surface area contributed by atoms with Crippen LogP contribution in [-0.4, -0.2) is 46.0 Å². The minimum absolute atomic E-state index is 0.0281. The van der Waals surface area contributed by atoms with Crippen molar-refractivity contribution in [2.24, 2.45) is 0 Å². The Bertz CT molecular complexity index is 874. The maximum Gasteiger partial charge on any atom is 0.240 e. The van der Waals surface area contributed by atoms with Crippen LogP contribution in [0, 0.1) is 5.82 Å². The number of benzene rings is 1. The van der Waals surface area contributed by atoms with Gasteiger partial charge < -0.3 is 15.2 Å². The number of hydrogen-bond donors (Lipinski definition) is 2. The molecule has 2 aliphatic heterocycles. The SMILES string of the molecule is CCN1CCCC1CNc1c(-c2ccc(F)cc2)nc2n1CC(=O)NC2(C)C. The van der Waals surface area contributed by atoms with Gasteiger partial charge in [0.05, 0.1) is 5.54 Å². The van der Waals surface area contributed by atoms with Crippen LogP contribution < -0.4 is 10.6 Å². The second-order valence-corrected chi connectivity index (χ2v) is 8.20. The lowest BCUT2D eigenvalue weighted by atomic mass is 10.0. The molecule has 1 unspecified atom stereocenters. The van der Waals surface area contributed by atoms with Crippen LogP contribution in [0.25, 0.3) is 11.3 Å². The molecule has 3 heterocycles. The minimum atomic E-state index is -0.563. The smallest absolute Gasteiger partial charge is 0.240 e. The van der Waals surface area contributed by atoms with Crippen LogP contribution in [0.3, 0.4) is 0 Å². The number of likely N-dealkylation sites (N-methyl/N-ethyl adjacent to an activating group) is 1. The van der Waals surface area contributed by atoms with Crippen LogP contribution >= 0.6 is 0 Å². The van der Waals surface area contributed by atoms with E-state index in [1.807, 2.05) is 18.4 Å². The third-order valence-electron chi connectivity index (χ3n) is 5.81. The van der Waals surface area contributed by atoms with Crippen molar-refractivity contribution < 1.29 is 9.18 Å². The van der Waals surface area contributed by atoms with Crippen molar-refractivity contribution in [3.8, 4) is 11.3 Å². The van der Waals surface area contributed by atoms with E-state index in [9.17, 15) is 9.18 Å². The van der Waals surface area contributed by atoms with E-state index in [0.29, 0.717) is 6.04 Å². The largest absolute Gasteiger partial charge is 0.368 e. The summed E-state index contributed by atoms with van der Waals surface area (Å²) in [6, 6.07) is 6.85. The lowest BCUT2D eigenvalue weighted by Crippen LogP contribution is -2.49. The molecule has 0 radical (unpaired) electrons. The lowest BCUT2D eigenvalue weighted by Gasteiger charge is -2.32. The van der Waals surface area contributed by atoms with Gasteiger partial charge in [0.25, 0.3) is 0 Å². The van der Waals surface area contributed by atoms with Crippen molar-refractivity contribution in [1.82, 2.24) is 19.8 Å². The Morgan fingerprint density at radius 3 is 2.79 bits per heavy atom. The molecule has 0 spiro atoms. The van der Waals surface area contributed by atoms with E-state index in [1.165, 1.54) is 25.0 Å². The number of carbonyl (C=O) groups excluding carboxylic acids is 1. The van der Waals surface area contributed by atoms with Crippen LogP contribution in [0.4, 0.5) is 10.2 Å². The van der Waals surface area contributed by atoms with E-state index in [1.54, 1.807) is 12.1 Å². The predicted octanol–water partition coefficient (Wildman–Crippen LogP) is 2.95. The lowest BCUT2D eigenvalue weighted by molar-refractivity contribution is -0.124. The standard InChI is InChI=1S/C21H28FN5O/c1-4-26-11-5-6-16(26)12-23-19-18(14-7-9-15(22)10-8-14)24-20-21(2,3)25-17(28)13-27(19)20/h7-10,16,23H,4-6,11-13H2,1-3H3,(H,25,28). The number of halogens is 1. The first-order valence-electron chi connectivity index (χ1n) is 10.0. The Morgan fingerprint density at radius 1 is 1.32 bits per heavy atom. The molecule has 4 rings (SSSR count). The molecule has 150 valence electrons. The highest BCUT2D eigenvalue weighted by Gasteiger charge is 2.36. The van der Waals surface area contributed by atoms with Gasteiger partial charge in [-0.3, -0.25) is 9.69 Å². The van der Waals surface area contributed by atoms with Crippen LogP contribution in [0.1, 0.15) is 39.4 Å². The van der Waals surface area contributed by atoms with Gasteiger partial charge in [0.2, 0.25) is 5.91 Å². The molecule has 1 aromatic carbocycles. The van der Waals surface area contributed by atoms with Crippen molar-refractivity contribution in [2.45, 2.75) is 51.7 Å². The van der Waals surface area contributed by atoms with Gasteiger partial charge in [0, 0.05) is 18.2 Å².